The van der Waals surface area contributed by atoms with Gasteiger partial charge in [-0.3, -0.25) is 19.9 Å². The van der Waals surface area contributed by atoms with E-state index in [-0.39, 0.29) is 16.9 Å². The number of rotatable bonds is 3. The zero-order chi connectivity index (χ0) is 13.1. The smallest absolute Gasteiger partial charge is 0.278 e. The zero-order valence-electron chi connectivity index (χ0n) is 9.04. The highest BCUT2D eigenvalue weighted by atomic mass is 19.1. The van der Waals surface area contributed by atoms with Crippen LogP contribution < -0.4 is 0 Å². The molecule has 0 N–H and O–H groups in total. The van der Waals surface area contributed by atoms with E-state index in [1.807, 2.05) is 0 Å². The molecule has 1 aromatic carbocycles. The number of aromatic nitrogens is 1. The number of hydrogen-bond acceptors (Lipinski definition) is 4. The van der Waals surface area contributed by atoms with Crippen molar-refractivity contribution in [2.75, 3.05) is 0 Å². The van der Waals surface area contributed by atoms with Crippen molar-refractivity contribution in [2.45, 2.75) is 0 Å². The first kappa shape index (κ1) is 11.8. The van der Waals surface area contributed by atoms with E-state index in [0.717, 1.165) is 18.2 Å². The van der Waals surface area contributed by atoms with Gasteiger partial charge in [0.25, 0.3) is 5.69 Å². The van der Waals surface area contributed by atoms with Crippen LogP contribution >= 0.6 is 0 Å². The molecule has 6 heteroatoms. The Morgan fingerprint density at radius 1 is 1.28 bits per heavy atom. The van der Waals surface area contributed by atoms with Crippen molar-refractivity contribution in [3.05, 3.63) is 58.0 Å². The summed E-state index contributed by atoms with van der Waals surface area (Å²) >= 11 is 0. The number of carbonyl (C=O) groups is 1. The first-order valence-corrected chi connectivity index (χ1v) is 4.97. The first-order chi connectivity index (χ1) is 8.61. The normalized spacial score (nSPS) is 10.1. The average Bonchev–Trinajstić information content (AvgIpc) is 2.38. The van der Waals surface area contributed by atoms with Crippen molar-refractivity contribution in [3.63, 3.8) is 0 Å². The minimum atomic E-state index is -0.621. The molecule has 1 heterocycles. The van der Waals surface area contributed by atoms with Crippen LogP contribution in [0.3, 0.4) is 0 Å². The van der Waals surface area contributed by atoms with E-state index < -0.39 is 10.7 Å². The number of nitrogens with zero attached hydrogens (tertiary/aromatic N) is 2. The van der Waals surface area contributed by atoms with Crippen LogP contribution in [0.4, 0.5) is 10.1 Å². The van der Waals surface area contributed by atoms with Crippen LogP contribution in [0.2, 0.25) is 0 Å². The Kier molecular flexibility index (Phi) is 3.09. The summed E-state index contributed by atoms with van der Waals surface area (Å²) in [4.78, 5) is 24.8. The molecule has 0 aliphatic rings. The number of nitro groups is 1. The largest absolute Gasteiger partial charge is 0.298 e. The van der Waals surface area contributed by atoms with Crippen LogP contribution in [-0.4, -0.2) is 16.2 Å². The maximum absolute atomic E-state index is 13.2. The van der Waals surface area contributed by atoms with Gasteiger partial charge >= 0.3 is 0 Å². The number of benzene rings is 1. The van der Waals surface area contributed by atoms with Gasteiger partial charge in [-0.15, -0.1) is 0 Å². The van der Waals surface area contributed by atoms with E-state index in [1.54, 1.807) is 0 Å². The predicted octanol–water partition coefficient (Wildman–Crippen LogP) is 2.61. The minimum absolute atomic E-state index is 0.0451. The Bertz CT molecular complexity index is 628. The second-order valence-electron chi connectivity index (χ2n) is 3.51. The molecular weight excluding hydrogens is 239 g/mol. The van der Waals surface area contributed by atoms with Crippen LogP contribution in [0.1, 0.15) is 10.4 Å². The molecule has 0 aliphatic carbocycles. The van der Waals surface area contributed by atoms with Gasteiger partial charge in [-0.1, -0.05) is 0 Å². The average molecular weight is 246 g/mol. The summed E-state index contributed by atoms with van der Waals surface area (Å²) in [6, 6.07) is 5.93. The third-order valence-electron chi connectivity index (χ3n) is 2.35. The number of pyridine rings is 1. The Labute approximate surface area is 101 Å². The molecule has 0 atom stereocenters. The molecule has 0 spiro atoms. The molecule has 0 saturated carbocycles. The molecule has 0 amide bonds. The number of carbonyl (C=O) groups excluding carboxylic acids is 1. The highest BCUT2D eigenvalue weighted by Crippen LogP contribution is 2.29. The molecule has 90 valence electrons. The molecule has 18 heavy (non-hydrogen) atoms. The summed E-state index contributed by atoms with van der Waals surface area (Å²) in [6.07, 6.45) is 1.93. The Morgan fingerprint density at radius 3 is 2.72 bits per heavy atom. The lowest BCUT2D eigenvalue weighted by atomic mass is 10.1. The number of aldehydes is 1. The quantitative estimate of drug-likeness (QED) is 0.474. The second-order valence-corrected chi connectivity index (χ2v) is 3.51. The second kappa shape index (κ2) is 4.70. The third kappa shape index (κ3) is 2.22. The highest BCUT2D eigenvalue weighted by Gasteiger charge is 2.17. The number of nitro benzene ring substituents is 1. The number of halogens is 1. The fourth-order valence-electron chi connectivity index (χ4n) is 1.54. The maximum atomic E-state index is 13.2. The van der Waals surface area contributed by atoms with Gasteiger partial charge in [-0.2, -0.15) is 0 Å². The Hall–Kier alpha value is -2.63. The van der Waals surface area contributed by atoms with E-state index >= 15 is 0 Å². The SMILES string of the molecule is O=Cc1ccnc(-c2cc(F)ccc2[N+](=O)[O-])c1. The van der Waals surface area contributed by atoms with E-state index in [0.29, 0.717) is 11.8 Å². The molecule has 5 nitrogen and oxygen atoms in total. The first-order valence-electron chi connectivity index (χ1n) is 4.97. The van der Waals surface area contributed by atoms with E-state index in [1.165, 1.54) is 18.3 Å². The summed E-state index contributed by atoms with van der Waals surface area (Å²) in [6.45, 7) is 0. The molecule has 0 fully saturated rings. The Morgan fingerprint density at radius 2 is 2.06 bits per heavy atom. The lowest BCUT2D eigenvalue weighted by Gasteiger charge is -2.03. The summed E-state index contributed by atoms with van der Waals surface area (Å²) in [5, 5.41) is 10.8. The van der Waals surface area contributed by atoms with Crippen molar-refractivity contribution < 1.29 is 14.1 Å². The summed E-state index contributed by atoms with van der Waals surface area (Å²) in [7, 11) is 0. The van der Waals surface area contributed by atoms with Crippen molar-refractivity contribution in [3.8, 4) is 11.3 Å². The molecule has 0 radical (unpaired) electrons. The van der Waals surface area contributed by atoms with Gasteiger partial charge in [0, 0.05) is 17.8 Å². The van der Waals surface area contributed by atoms with Crippen molar-refractivity contribution in [2.24, 2.45) is 0 Å². The predicted molar refractivity (Wildman–Crippen MR) is 61.7 cm³/mol. The minimum Gasteiger partial charge on any atom is -0.298 e. The van der Waals surface area contributed by atoms with Gasteiger partial charge in [0.1, 0.15) is 12.1 Å². The Balaban J connectivity index is 2.64. The van der Waals surface area contributed by atoms with Gasteiger partial charge in [0.2, 0.25) is 0 Å². The molecule has 2 aromatic rings. The summed E-state index contributed by atoms with van der Waals surface area (Å²) in [5.41, 5.74) is 0.292. The van der Waals surface area contributed by atoms with Crippen molar-refractivity contribution >= 4 is 12.0 Å². The van der Waals surface area contributed by atoms with Crippen LogP contribution in [0, 0.1) is 15.9 Å². The van der Waals surface area contributed by atoms with Gasteiger partial charge in [0.15, 0.2) is 0 Å². The lowest BCUT2D eigenvalue weighted by Crippen LogP contribution is -1.95. The fourth-order valence-corrected chi connectivity index (χ4v) is 1.54. The number of hydrogen-bond donors (Lipinski definition) is 0. The van der Waals surface area contributed by atoms with E-state index in [4.69, 9.17) is 0 Å². The molecular formula is C12H7FN2O3. The zero-order valence-corrected chi connectivity index (χ0v) is 9.04. The molecule has 0 saturated heterocycles. The topological polar surface area (TPSA) is 73.1 Å². The summed E-state index contributed by atoms with van der Waals surface area (Å²) < 4.78 is 13.2. The van der Waals surface area contributed by atoms with Crippen molar-refractivity contribution in [1.29, 1.82) is 0 Å². The van der Waals surface area contributed by atoms with Gasteiger partial charge in [-0.25, -0.2) is 4.39 Å². The van der Waals surface area contributed by atoms with Crippen LogP contribution in [0.25, 0.3) is 11.3 Å². The van der Waals surface area contributed by atoms with Gasteiger partial charge < -0.3 is 0 Å². The van der Waals surface area contributed by atoms with Gasteiger partial charge in [0.05, 0.1) is 16.2 Å². The van der Waals surface area contributed by atoms with Crippen LogP contribution in [0.15, 0.2) is 36.5 Å². The standard InChI is InChI=1S/C12H7FN2O3/c13-9-1-2-12(15(17)18)10(6-9)11-5-8(7-16)3-4-14-11/h1-7H. The monoisotopic (exact) mass is 246 g/mol. The van der Waals surface area contributed by atoms with E-state index in [9.17, 15) is 19.3 Å². The van der Waals surface area contributed by atoms with Crippen LogP contribution in [-0.2, 0) is 0 Å². The van der Waals surface area contributed by atoms with Crippen molar-refractivity contribution in [1.82, 2.24) is 4.98 Å². The maximum Gasteiger partial charge on any atom is 0.278 e. The van der Waals surface area contributed by atoms with Crippen LogP contribution in [0.5, 0.6) is 0 Å². The molecule has 0 bridgehead atoms. The summed E-state index contributed by atoms with van der Waals surface area (Å²) in [5.74, 6) is -0.603. The molecule has 2 rings (SSSR count). The lowest BCUT2D eigenvalue weighted by molar-refractivity contribution is -0.384. The van der Waals surface area contributed by atoms with Gasteiger partial charge in [-0.05, 0) is 24.3 Å². The highest BCUT2D eigenvalue weighted by molar-refractivity contribution is 5.79. The van der Waals surface area contributed by atoms with E-state index in [2.05, 4.69) is 4.98 Å². The molecule has 0 aliphatic heterocycles. The molecule has 0 unspecified atom stereocenters. The fraction of sp³-hybridized carbons (Fsp3) is 0. The molecule has 1 aromatic heterocycles. The third-order valence-corrected chi connectivity index (χ3v) is 2.35.